The summed E-state index contributed by atoms with van der Waals surface area (Å²) < 4.78 is 6.93. The van der Waals surface area contributed by atoms with Crippen LogP contribution in [0.25, 0.3) is 0 Å². The minimum absolute atomic E-state index is 0.0280. The van der Waals surface area contributed by atoms with Gasteiger partial charge in [0.05, 0.1) is 6.33 Å². The molecule has 1 aromatic heterocycles. The lowest BCUT2D eigenvalue weighted by Gasteiger charge is -2.30. The first-order valence-corrected chi connectivity index (χ1v) is 5.62. The zero-order valence-corrected chi connectivity index (χ0v) is 9.50. The van der Waals surface area contributed by atoms with Crippen LogP contribution in [-0.2, 0) is 9.53 Å². The van der Waals surface area contributed by atoms with Crippen molar-refractivity contribution in [2.45, 2.75) is 25.5 Å². The molecule has 16 heavy (non-hydrogen) atoms. The van der Waals surface area contributed by atoms with Crippen molar-refractivity contribution in [1.82, 2.24) is 14.5 Å². The van der Waals surface area contributed by atoms with Gasteiger partial charge >= 0.3 is 0 Å². The molecule has 88 valence electrons. The number of rotatable bonds is 3. The van der Waals surface area contributed by atoms with Crippen molar-refractivity contribution in [3.05, 3.63) is 18.7 Å². The van der Waals surface area contributed by atoms with Gasteiger partial charge in [0.25, 0.3) is 5.91 Å². The molecule has 0 radical (unpaired) electrons. The second-order valence-electron chi connectivity index (χ2n) is 3.98. The molecule has 1 amide bonds. The fourth-order valence-electron chi connectivity index (χ4n) is 2.03. The maximum absolute atomic E-state index is 12.2. The van der Waals surface area contributed by atoms with E-state index in [1.807, 2.05) is 4.90 Å². The highest BCUT2D eigenvalue weighted by Crippen LogP contribution is 2.16. The number of carbonyl (C=O) groups is 1. The predicted octanol–water partition coefficient (Wildman–Crippen LogP) is 1.04. The van der Waals surface area contributed by atoms with Crippen molar-refractivity contribution in [3.8, 4) is 0 Å². The molecule has 1 fully saturated rings. The maximum Gasteiger partial charge on any atom is 0.273 e. The van der Waals surface area contributed by atoms with Gasteiger partial charge in [-0.05, 0) is 19.3 Å². The molecule has 1 unspecified atom stereocenters. The first-order chi connectivity index (χ1) is 7.83. The van der Waals surface area contributed by atoms with Gasteiger partial charge in [0.15, 0.2) is 0 Å². The number of hydrogen-bond donors (Lipinski definition) is 0. The standard InChI is InChI=1S/C11H17N3O2/c1-16-11(14-8-5-12-9-14)10(15)13-6-3-2-4-7-13/h5,8-9,11H,2-4,6-7H2,1H3. The molecular formula is C11H17N3O2. The van der Waals surface area contributed by atoms with E-state index in [4.69, 9.17) is 4.74 Å². The fraction of sp³-hybridized carbons (Fsp3) is 0.636. The third-order valence-electron chi connectivity index (χ3n) is 2.90. The number of methoxy groups -OCH3 is 1. The summed E-state index contributed by atoms with van der Waals surface area (Å²) in [4.78, 5) is 18.0. The van der Waals surface area contributed by atoms with Gasteiger partial charge in [0.1, 0.15) is 0 Å². The Bertz CT molecular complexity index is 331. The van der Waals surface area contributed by atoms with E-state index in [9.17, 15) is 4.79 Å². The summed E-state index contributed by atoms with van der Waals surface area (Å²) >= 11 is 0. The normalized spacial score (nSPS) is 18.4. The van der Waals surface area contributed by atoms with Gasteiger partial charge in [0.2, 0.25) is 6.23 Å². The molecule has 1 aliphatic rings. The number of likely N-dealkylation sites (tertiary alicyclic amines) is 1. The van der Waals surface area contributed by atoms with Crippen LogP contribution in [0.4, 0.5) is 0 Å². The quantitative estimate of drug-likeness (QED) is 0.769. The van der Waals surface area contributed by atoms with E-state index in [-0.39, 0.29) is 5.91 Å². The molecule has 5 nitrogen and oxygen atoms in total. The Morgan fingerprint density at radius 3 is 2.69 bits per heavy atom. The van der Waals surface area contributed by atoms with E-state index < -0.39 is 6.23 Å². The molecular weight excluding hydrogens is 206 g/mol. The van der Waals surface area contributed by atoms with Gasteiger partial charge in [-0.25, -0.2) is 4.98 Å². The minimum Gasteiger partial charge on any atom is -0.353 e. The number of hydrogen-bond acceptors (Lipinski definition) is 3. The van der Waals surface area contributed by atoms with Crippen LogP contribution in [0.15, 0.2) is 18.7 Å². The lowest BCUT2D eigenvalue weighted by Crippen LogP contribution is -2.40. The third-order valence-corrected chi connectivity index (χ3v) is 2.90. The Morgan fingerprint density at radius 1 is 1.38 bits per heavy atom. The molecule has 1 saturated heterocycles. The van der Waals surface area contributed by atoms with Crippen LogP contribution in [0.3, 0.4) is 0 Å². The average Bonchev–Trinajstić information content (AvgIpc) is 2.85. The summed E-state index contributed by atoms with van der Waals surface area (Å²) in [5.74, 6) is 0.0280. The monoisotopic (exact) mass is 223 g/mol. The lowest BCUT2D eigenvalue weighted by atomic mass is 10.1. The molecule has 5 heteroatoms. The van der Waals surface area contributed by atoms with Gasteiger partial charge < -0.3 is 14.2 Å². The third kappa shape index (κ3) is 2.24. The van der Waals surface area contributed by atoms with Crippen molar-refractivity contribution in [2.24, 2.45) is 0 Å². The van der Waals surface area contributed by atoms with E-state index in [2.05, 4.69) is 4.98 Å². The largest absolute Gasteiger partial charge is 0.353 e. The Kier molecular flexibility index (Phi) is 3.56. The van der Waals surface area contributed by atoms with Crippen LogP contribution >= 0.6 is 0 Å². The van der Waals surface area contributed by atoms with Gasteiger partial charge in [-0.3, -0.25) is 4.79 Å². The van der Waals surface area contributed by atoms with Crippen molar-refractivity contribution in [2.75, 3.05) is 20.2 Å². The zero-order valence-electron chi connectivity index (χ0n) is 9.50. The molecule has 0 bridgehead atoms. The number of imidazole rings is 1. The highest BCUT2D eigenvalue weighted by molar-refractivity contribution is 5.79. The first-order valence-electron chi connectivity index (χ1n) is 5.62. The number of ether oxygens (including phenoxy) is 1. The van der Waals surface area contributed by atoms with E-state index >= 15 is 0 Å². The van der Waals surface area contributed by atoms with Crippen LogP contribution in [-0.4, -0.2) is 40.6 Å². The summed E-state index contributed by atoms with van der Waals surface area (Å²) in [5.41, 5.74) is 0. The summed E-state index contributed by atoms with van der Waals surface area (Å²) in [6, 6.07) is 0. The minimum atomic E-state index is -0.569. The van der Waals surface area contributed by atoms with Crippen molar-refractivity contribution in [3.63, 3.8) is 0 Å². The SMILES string of the molecule is COC(C(=O)N1CCCCC1)n1ccnc1. The van der Waals surface area contributed by atoms with Crippen LogP contribution in [0.1, 0.15) is 25.5 Å². The molecule has 2 rings (SSSR count). The predicted molar refractivity (Wildman–Crippen MR) is 58.7 cm³/mol. The molecule has 0 saturated carbocycles. The molecule has 0 spiro atoms. The van der Waals surface area contributed by atoms with Crippen molar-refractivity contribution < 1.29 is 9.53 Å². The summed E-state index contributed by atoms with van der Waals surface area (Å²) in [6.07, 6.45) is 7.83. The first kappa shape index (κ1) is 11.1. The van der Waals surface area contributed by atoms with Crippen LogP contribution in [0.5, 0.6) is 0 Å². The van der Waals surface area contributed by atoms with Crippen LogP contribution in [0.2, 0.25) is 0 Å². The Balaban J connectivity index is 2.06. The molecule has 0 aliphatic carbocycles. The number of aromatic nitrogens is 2. The maximum atomic E-state index is 12.2. The molecule has 0 N–H and O–H groups in total. The average molecular weight is 223 g/mol. The van der Waals surface area contributed by atoms with Crippen molar-refractivity contribution in [1.29, 1.82) is 0 Å². The second kappa shape index (κ2) is 5.12. The molecule has 1 atom stereocenters. The van der Waals surface area contributed by atoms with Gasteiger partial charge in [-0.2, -0.15) is 0 Å². The van der Waals surface area contributed by atoms with Crippen LogP contribution < -0.4 is 0 Å². The van der Waals surface area contributed by atoms with Crippen molar-refractivity contribution >= 4 is 5.91 Å². The number of carbonyl (C=O) groups excluding carboxylic acids is 1. The summed E-state index contributed by atoms with van der Waals surface area (Å²) in [6.45, 7) is 1.68. The number of nitrogens with zero attached hydrogens (tertiary/aromatic N) is 3. The fourth-order valence-corrected chi connectivity index (χ4v) is 2.03. The summed E-state index contributed by atoms with van der Waals surface area (Å²) in [7, 11) is 1.55. The van der Waals surface area contributed by atoms with E-state index in [1.54, 1.807) is 30.4 Å². The second-order valence-corrected chi connectivity index (χ2v) is 3.98. The smallest absolute Gasteiger partial charge is 0.273 e. The van der Waals surface area contributed by atoms with Gasteiger partial charge in [0, 0.05) is 32.6 Å². The van der Waals surface area contributed by atoms with E-state index in [0.717, 1.165) is 25.9 Å². The molecule has 2 heterocycles. The lowest BCUT2D eigenvalue weighted by molar-refractivity contribution is -0.148. The Hall–Kier alpha value is -1.36. The topological polar surface area (TPSA) is 47.4 Å². The highest BCUT2D eigenvalue weighted by Gasteiger charge is 2.26. The Morgan fingerprint density at radius 2 is 2.12 bits per heavy atom. The van der Waals surface area contributed by atoms with E-state index in [1.165, 1.54) is 6.42 Å². The Labute approximate surface area is 95.0 Å². The van der Waals surface area contributed by atoms with Crippen LogP contribution in [0, 0.1) is 0 Å². The molecule has 1 aliphatic heterocycles. The zero-order chi connectivity index (χ0) is 11.4. The molecule has 0 aromatic carbocycles. The highest BCUT2D eigenvalue weighted by atomic mass is 16.5. The number of piperidine rings is 1. The van der Waals surface area contributed by atoms with E-state index in [0.29, 0.717) is 0 Å². The van der Waals surface area contributed by atoms with Gasteiger partial charge in [-0.1, -0.05) is 0 Å². The van der Waals surface area contributed by atoms with Gasteiger partial charge in [-0.15, -0.1) is 0 Å². The summed E-state index contributed by atoms with van der Waals surface area (Å²) in [5, 5.41) is 0. The number of amides is 1. The molecule has 1 aromatic rings.